The van der Waals surface area contributed by atoms with Gasteiger partial charge in [-0.3, -0.25) is 4.79 Å². The number of piperidine rings is 1. The van der Waals surface area contributed by atoms with Crippen molar-refractivity contribution in [1.82, 2.24) is 25.3 Å². The molecule has 1 aromatic carbocycles. The standard InChI is InChI=1S/C20H22ClN7O/c1-13-16(21)5-4-14-3-2-10-27(19(13)14)20(29)15-8-11-26(12-9-15)18-7-6-17-22-24-25-28(17)23-18/h4-7,15H,2-3,8-12H2,1H3. The fourth-order valence-electron chi connectivity index (χ4n) is 4.45. The molecule has 0 bridgehead atoms. The molecule has 4 heterocycles. The Bertz CT molecular complexity index is 1070. The Morgan fingerprint density at radius 1 is 1.14 bits per heavy atom. The van der Waals surface area contributed by atoms with Crippen LogP contribution >= 0.6 is 11.6 Å². The van der Waals surface area contributed by atoms with Gasteiger partial charge in [-0.25, -0.2) is 0 Å². The van der Waals surface area contributed by atoms with Crippen LogP contribution in [0.3, 0.4) is 0 Å². The lowest BCUT2D eigenvalue weighted by molar-refractivity contribution is -0.123. The first-order valence-electron chi connectivity index (χ1n) is 10.0. The number of tetrazole rings is 1. The fourth-order valence-corrected chi connectivity index (χ4v) is 4.61. The van der Waals surface area contributed by atoms with Crippen molar-refractivity contribution in [1.29, 1.82) is 0 Å². The van der Waals surface area contributed by atoms with Gasteiger partial charge < -0.3 is 9.80 Å². The van der Waals surface area contributed by atoms with Crippen molar-refractivity contribution < 1.29 is 4.79 Å². The van der Waals surface area contributed by atoms with E-state index in [9.17, 15) is 4.79 Å². The van der Waals surface area contributed by atoms with E-state index in [0.717, 1.165) is 67.4 Å². The SMILES string of the molecule is Cc1c(Cl)ccc2c1N(C(=O)C1CCN(c3ccc4nnnn4n3)CC1)CCC2. The zero-order valence-electron chi connectivity index (χ0n) is 16.3. The highest BCUT2D eigenvalue weighted by molar-refractivity contribution is 6.32. The summed E-state index contributed by atoms with van der Waals surface area (Å²) in [5.74, 6) is 1.08. The van der Waals surface area contributed by atoms with Gasteiger partial charge in [-0.05, 0) is 72.4 Å². The minimum Gasteiger partial charge on any atom is -0.355 e. The van der Waals surface area contributed by atoms with Crippen molar-refractivity contribution >= 4 is 34.7 Å². The number of carbonyl (C=O) groups excluding carboxylic acids is 1. The van der Waals surface area contributed by atoms with Crippen LogP contribution in [0.5, 0.6) is 0 Å². The first-order valence-corrected chi connectivity index (χ1v) is 10.4. The molecule has 2 aromatic heterocycles. The van der Waals surface area contributed by atoms with Crippen LogP contribution in [0.25, 0.3) is 5.65 Å². The second-order valence-corrected chi connectivity index (χ2v) is 8.16. The average molecular weight is 412 g/mol. The van der Waals surface area contributed by atoms with Crippen LogP contribution in [0.2, 0.25) is 5.02 Å². The molecule has 8 nitrogen and oxygen atoms in total. The third-order valence-electron chi connectivity index (χ3n) is 6.04. The maximum absolute atomic E-state index is 13.4. The molecule has 0 radical (unpaired) electrons. The number of carbonyl (C=O) groups is 1. The first-order chi connectivity index (χ1) is 14.1. The highest BCUT2D eigenvalue weighted by Crippen LogP contribution is 2.36. The largest absolute Gasteiger partial charge is 0.355 e. The summed E-state index contributed by atoms with van der Waals surface area (Å²) >= 11 is 6.35. The van der Waals surface area contributed by atoms with E-state index in [1.807, 2.05) is 30.0 Å². The summed E-state index contributed by atoms with van der Waals surface area (Å²) in [5.41, 5.74) is 3.88. The molecule has 0 saturated carbocycles. The van der Waals surface area contributed by atoms with Crippen molar-refractivity contribution in [2.75, 3.05) is 29.4 Å². The number of nitrogens with zero attached hydrogens (tertiary/aromatic N) is 7. The molecule has 2 aliphatic heterocycles. The van der Waals surface area contributed by atoms with Gasteiger partial charge in [0.05, 0.1) is 5.69 Å². The summed E-state index contributed by atoms with van der Waals surface area (Å²) < 4.78 is 1.43. The fraction of sp³-hybridized carbons (Fsp3) is 0.450. The Labute approximate surface area is 173 Å². The third kappa shape index (κ3) is 3.21. The molecular formula is C20H22ClN7O. The minimum atomic E-state index is 0.0207. The molecule has 0 spiro atoms. The second-order valence-electron chi connectivity index (χ2n) is 7.75. The molecule has 1 amide bonds. The molecule has 5 rings (SSSR count). The molecule has 150 valence electrons. The van der Waals surface area contributed by atoms with Crippen LogP contribution in [0, 0.1) is 12.8 Å². The maximum atomic E-state index is 13.4. The van der Waals surface area contributed by atoms with Gasteiger partial charge in [0.25, 0.3) is 0 Å². The van der Waals surface area contributed by atoms with E-state index in [0.29, 0.717) is 5.65 Å². The summed E-state index contributed by atoms with van der Waals surface area (Å²) in [6.07, 6.45) is 3.61. The van der Waals surface area contributed by atoms with E-state index >= 15 is 0 Å². The minimum absolute atomic E-state index is 0.0207. The number of hydrogen-bond acceptors (Lipinski definition) is 6. The van der Waals surface area contributed by atoms with Gasteiger partial charge in [0.1, 0.15) is 0 Å². The van der Waals surface area contributed by atoms with E-state index in [1.54, 1.807) is 0 Å². The lowest BCUT2D eigenvalue weighted by atomic mass is 9.92. The van der Waals surface area contributed by atoms with E-state index in [1.165, 1.54) is 10.2 Å². The average Bonchev–Trinajstić information content (AvgIpc) is 3.23. The molecular weight excluding hydrogens is 390 g/mol. The summed E-state index contributed by atoms with van der Waals surface area (Å²) in [6.45, 7) is 4.35. The molecule has 2 aliphatic rings. The Hall–Kier alpha value is -2.74. The smallest absolute Gasteiger partial charge is 0.230 e. The quantitative estimate of drug-likeness (QED) is 0.645. The molecule has 0 unspecified atom stereocenters. The van der Waals surface area contributed by atoms with Gasteiger partial charge in [0, 0.05) is 30.6 Å². The van der Waals surface area contributed by atoms with Crippen molar-refractivity contribution in [2.24, 2.45) is 5.92 Å². The monoisotopic (exact) mass is 411 g/mol. The molecule has 0 atom stereocenters. The molecule has 0 aliphatic carbocycles. The number of halogens is 1. The normalized spacial score (nSPS) is 17.6. The highest BCUT2D eigenvalue weighted by atomic mass is 35.5. The zero-order valence-corrected chi connectivity index (χ0v) is 17.0. The van der Waals surface area contributed by atoms with Gasteiger partial charge in [-0.1, -0.05) is 17.7 Å². The van der Waals surface area contributed by atoms with Crippen molar-refractivity contribution in [3.8, 4) is 0 Å². The first kappa shape index (κ1) is 18.3. The highest BCUT2D eigenvalue weighted by Gasteiger charge is 2.33. The van der Waals surface area contributed by atoms with Crippen molar-refractivity contribution in [3.05, 3.63) is 40.4 Å². The van der Waals surface area contributed by atoms with Crippen LogP contribution in [0.4, 0.5) is 11.5 Å². The van der Waals surface area contributed by atoms with Crippen molar-refractivity contribution in [3.63, 3.8) is 0 Å². The summed E-state index contributed by atoms with van der Waals surface area (Å²) in [4.78, 5) is 17.6. The number of aromatic nitrogens is 5. The van der Waals surface area contributed by atoms with Gasteiger partial charge in [0.2, 0.25) is 5.91 Å². The summed E-state index contributed by atoms with van der Waals surface area (Å²) in [7, 11) is 0. The number of aryl methyl sites for hydroxylation is 1. The van der Waals surface area contributed by atoms with Gasteiger partial charge in [-0.2, -0.15) is 0 Å². The summed E-state index contributed by atoms with van der Waals surface area (Å²) in [6, 6.07) is 7.79. The van der Waals surface area contributed by atoms with E-state index in [4.69, 9.17) is 11.6 Å². The maximum Gasteiger partial charge on any atom is 0.230 e. The molecule has 0 N–H and O–H groups in total. The lowest BCUT2D eigenvalue weighted by Gasteiger charge is -2.37. The molecule has 9 heteroatoms. The molecule has 1 saturated heterocycles. The van der Waals surface area contributed by atoms with Crippen LogP contribution < -0.4 is 9.80 Å². The molecule has 1 fully saturated rings. The number of rotatable bonds is 2. The number of fused-ring (bicyclic) bond motifs is 2. The number of anilines is 2. The van der Waals surface area contributed by atoms with Crippen LogP contribution in [0.1, 0.15) is 30.4 Å². The Kier molecular flexibility index (Phi) is 4.58. The lowest BCUT2D eigenvalue weighted by Crippen LogP contribution is -2.45. The Morgan fingerprint density at radius 2 is 1.97 bits per heavy atom. The van der Waals surface area contributed by atoms with E-state index in [2.05, 4.69) is 31.6 Å². The van der Waals surface area contributed by atoms with Crippen LogP contribution in [-0.2, 0) is 11.2 Å². The molecule has 29 heavy (non-hydrogen) atoms. The second kappa shape index (κ2) is 7.26. The van der Waals surface area contributed by atoms with E-state index < -0.39 is 0 Å². The van der Waals surface area contributed by atoms with Gasteiger partial charge >= 0.3 is 0 Å². The predicted molar refractivity (Wildman–Crippen MR) is 110 cm³/mol. The van der Waals surface area contributed by atoms with Gasteiger partial charge in [-0.15, -0.1) is 14.8 Å². The van der Waals surface area contributed by atoms with Crippen molar-refractivity contribution in [2.45, 2.75) is 32.6 Å². The Balaban J connectivity index is 1.31. The van der Waals surface area contributed by atoms with Gasteiger partial charge in [0.15, 0.2) is 11.5 Å². The van der Waals surface area contributed by atoms with Crippen LogP contribution in [0.15, 0.2) is 24.3 Å². The molecule has 3 aromatic rings. The van der Waals surface area contributed by atoms with E-state index in [-0.39, 0.29) is 11.8 Å². The number of amides is 1. The third-order valence-corrected chi connectivity index (χ3v) is 6.45. The zero-order chi connectivity index (χ0) is 20.0. The number of benzene rings is 1. The van der Waals surface area contributed by atoms with Crippen LogP contribution in [-0.4, -0.2) is 50.8 Å². The summed E-state index contributed by atoms with van der Waals surface area (Å²) in [5, 5.41) is 16.6. The topological polar surface area (TPSA) is 79.5 Å². The Morgan fingerprint density at radius 3 is 2.79 bits per heavy atom. The number of hydrogen-bond donors (Lipinski definition) is 0. The predicted octanol–water partition coefficient (Wildman–Crippen LogP) is 2.68.